The molecule has 180 valence electrons. The highest BCUT2D eigenvalue weighted by Crippen LogP contribution is 2.27. The zero-order valence-corrected chi connectivity index (χ0v) is 20.1. The van der Waals surface area contributed by atoms with Crippen molar-refractivity contribution in [3.8, 4) is 23.1 Å². The number of nitriles is 1. The van der Waals surface area contributed by atoms with E-state index in [-0.39, 0.29) is 22.3 Å². The van der Waals surface area contributed by atoms with Gasteiger partial charge in [-0.25, -0.2) is 20.5 Å². The van der Waals surface area contributed by atoms with Crippen LogP contribution in [0.2, 0.25) is 0 Å². The Labute approximate surface area is 211 Å². The number of rotatable bonds is 7. The number of nitrogen functional groups attached to an aromatic ring is 1. The van der Waals surface area contributed by atoms with Crippen molar-refractivity contribution in [1.82, 2.24) is 9.66 Å². The number of carbonyl (C=O) groups excluding carboxylic acids is 1. The van der Waals surface area contributed by atoms with E-state index in [0.717, 1.165) is 15.2 Å². The van der Waals surface area contributed by atoms with Gasteiger partial charge in [0.2, 0.25) is 0 Å². The van der Waals surface area contributed by atoms with Crippen LogP contribution in [-0.4, -0.2) is 22.7 Å². The Bertz CT molecular complexity index is 1500. The maximum atomic E-state index is 12.8. The summed E-state index contributed by atoms with van der Waals surface area (Å²) in [7, 11) is 1.53. The van der Waals surface area contributed by atoms with Crippen LogP contribution in [0.25, 0.3) is 11.3 Å². The van der Waals surface area contributed by atoms with Crippen LogP contribution in [0.3, 0.4) is 0 Å². The van der Waals surface area contributed by atoms with Crippen LogP contribution in [0.5, 0.6) is 5.75 Å². The van der Waals surface area contributed by atoms with Crippen molar-refractivity contribution in [2.45, 2.75) is 10.9 Å². The summed E-state index contributed by atoms with van der Waals surface area (Å²) in [6, 6.07) is 24.8. The number of amides is 1. The molecule has 1 aromatic heterocycles. The molecule has 0 saturated heterocycles. The van der Waals surface area contributed by atoms with Gasteiger partial charge in [-0.15, -0.1) is 0 Å². The van der Waals surface area contributed by atoms with E-state index in [1.54, 1.807) is 60.7 Å². The molecule has 0 bridgehead atoms. The van der Waals surface area contributed by atoms with Gasteiger partial charge in [-0.3, -0.25) is 9.59 Å². The number of ether oxygens (including phenoxy) is 1. The van der Waals surface area contributed by atoms with Gasteiger partial charge in [-0.05, 0) is 42.0 Å². The predicted molar refractivity (Wildman–Crippen MR) is 139 cm³/mol. The minimum atomic E-state index is -0.638. The summed E-state index contributed by atoms with van der Waals surface area (Å²) >= 11 is 1.24. The minimum absolute atomic E-state index is 0.148. The Kier molecular flexibility index (Phi) is 7.34. The molecular formula is C26H22N6O3S. The van der Waals surface area contributed by atoms with Crippen LogP contribution >= 0.6 is 11.8 Å². The molecule has 3 aromatic carbocycles. The van der Waals surface area contributed by atoms with Crippen molar-refractivity contribution < 1.29 is 9.53 Å². The van der Waals surface area contributed by atoms with Gasteiger partial charge in [0, 0.05) is 16.9 Å². The van der Waals surface area contributed by atoms with E-state index in [1.165, 1.54) is 18.9 Å². The summed E-state index contributed by atoms with van der Waals surface area (Å²) in [5.74, 6) is 12.7. The van der Waals surface area contributed by atoms with Crippen molar-refractivity contribution in [1.29, 1.82) is 5.26 Å². The molecular weight excluding hydrogens is 476 g/mol. The van der Waals surface area contributed by atoms with Crippen LogP contribution in [0.1, 0.15) is 21.5 Å². The molecule has 0 saturated carbocycles. The first kappa shape index (κ1) is 24.5. The molecule has 10 heteroatoms. The number of hydrogen-bond donors (Lipinski definition) is 2. The molecule has 9 nitrogen and oxygen atoms in total. The second-order valence-corrected chi connectivity index (χ2v) is 8.58. The first-order valence-electron chi connectivity index (χ1n) is 10.8. The lowest BCUT2D eigenvalue weighted by atomic mass is 10.1. The molecule has 0 atom stereocenters. The van der Waals surface area contributed by atoms with Crippen LogP contribution in [0.15, 0.2) is 88.8 Å². The quantitative estimate of drug-likeness (QED) is 0.130. The fourth-order valence-corrected chi connectivity index (χ4v) is 4.30. The fraction of sp³-hybridized carbons (Fsp3) is 0.0769. The number of aromatic nitrogens is 2. The molecule has 0 radical (unpaired) electrons. The van der Waals surface area contributed by atoms with Gasteiger partial charge in [0.1, 0.15) is 17.4 Å². The Morgan fingerprint density at radius 1 is 1.11 bits per heavy atom. The number of methoxy groups -OCH3 is 1. The van der Waals surface area contributed by atoms with Gasteiger partial charge in [0.05, 0.1) is 18.5 Å². The summed E-state index contributed by atoms with van der Waals surface area (Å²) in [6.07, 6.45) is 0. The third-order valence-electron chi connectivity index (χ3n) is 5.36. The number of hydrogen-bond acceptors (Lipinski definition) is 8. The molecule has 4 aromatic rings. The highest BCUT2D eigenvalue weighted by molar-refractivity contribution is 7.98. The Balaban J connectivity index is 1.55. The Morgan fingerprint density at radius 2 is 1.83 bits per heavy atom. The number of nitrogens with zero attached hydrogens (tertiary/aromatic N) is 4. The molecule has 0 unspecified atom stereocenters. The van der Waals surface area contributed by atoms with E-state index in [1.807, 2.05) is 24.3 Å². The molecule has 4 N–H and O–H groups in total. The molecule has 36 heavy (non-hydrogen) atoms. The third-order valence-corrected chi connectivity index (χ3v) is 6.38. The topological polar surface area (TPSA) is 140 Å². The molecule has 0 spiro atoms. The molecule has 0 aliphatic rings. The van der Waals surface area contributed by atoms with E-state index in [0.29, 0.717) is 28.3 Å². The summed E-state index contributed by atoms with van der Waals surface area (Å²) in [4.78, 5) is 29.8. The van der Waals surface area contributed by atoms with Gasteiger partial charge in [-0.2, -0.15) is 5.26 Å². The van der Waals surface area contributed by atoms with Crippen LogP contribution < -0.4 is 27.0 Å². The monoisotopic (exact) mass is 498 g/mol. The number of carbonyl (C=O) groups is 1. The maximum Gasteiger partial charge on any atom is 0.291 e. The van der Waals surface area contributed by atoms with Gasteiger partial charge in [0.25, 0.3) is 11.5 Å². The molecule has 0 aliphatic heterocycles. The average Bonchev–Trinajstić information content (AvgIpc) is 2.93. The molecule has 4 rings (SSSR count). The van der Waals surface area contributed by atoms with E-state index in [4.69, 9.17) is 16.4 Å². The highest BCUT2D eigenvalue weighted by atomic mass is 32.2. The average molecular weight is 499 g/mol. The smallest absolute Gasteiger partial charge is 0.291 e. The third kappa shape index (κ3) is 5.07. The minimum Gasteiger partial charge on any atom is -0.497 e. The summed E-state index contributed by atoms with van der Waals surface area (Å²) in [5.41, 5.74) is 1.93. The van der Waals surface area contributed by atoms with Crippen molar-refractivity contribution in [2.75, 3.05) is 18.0 Å². The normalized spacial score (nSPS) is 10.5. The largest absolute Gasteiger partial charge is 0.497 e. The Hall–Kier alpha value is -4.59. The second-order valence-electron chi connectivity index (χ2n) is 7.63. The lowest BCUT2D eigenvalue weighted by Crippen LogP contribution is -2.37. The van der Waals surface area contributed by atoms with Crippen molar-refractivity contribution in [2.24, 2.45) is 5.84 Å². The standard InChI is InChI=1S/C26H22N6O3S/c1-35-21-9-5-8-19(14-21)23-22(15-27)25(34)32(29)26(30-23)36-16-17-10-12-20(13-11-17)31(28)24(33)18-6-3-2-4-7-18/h2-14H,16,28-29H2,1H3. The number of anilines is 1. The van der Waals surface area contributed by atoms with Crippen molar-refractivity contribution in [3.63, 3.8) is 0 Å². The lowest BCUT2D eigenvalue weighted by Gasteiger charge is -2.17. The molecule has 1 heterocycles. The fourth-order valence-electron chi connectivity index (χ4n) is 3.43. The summed E-state index contributed by atoms with van der Waals surface area (Å²) in [6.45, 7) is 0. The molecule has 0 aliphatic carbocycles. The molecule has 0 fully saturated rings. The van der Waals surface area contributed by atoms with Gasteiger partial charge in [-0.1, -0.05) is 54.2 Å². The zero-order valence-electron chi connectivity index (χ0n) is 19.3. The van der Waals surface area contributed by atoms with E-state index >= 15 is 0 Å². The van der Waals surface area contributed by atoms with E-state index in [2.05, 4.69) is 4.98 Å². The van der Waals surface area contributed by atoms with Gasteiger partial charge in [0.15, 0.2) is 5.16 Å². The maximum absolute atomic E-state index is 12.8. The van der Waals surface area contributed by atoms with E-state index < -0.39 is 5.56 Å². The summed E-state index contributed by atoms with van der Waals surface area (Å²) < 4.78 is 6.12. The van der Waals surface area contributed by atoms with E-state index in [9.17, 15) is 14.9 Å². The number of benzene rings is 3. The summed E-state index contributed by atoms with van der Waals surface area (Å²) in [5, 5.41) is 10.9. The first-order chi connectivity index (χ1) is 17.4. The molecule has 1 amide bonds. The predicted octanol–water partition coefficient (Wildman–Crippen LogP) is 3.32. The lowest BCUT2D eigenvalue weighted by molar-refractivity contribution is 0.0987. The SMILES string of the molecule is COc1cccc(-c2nc(SCc3ccc(N(N)C(=O)c4ccccc4)cc3)n(N)c(=O)c2C#N)c1. The van der Waals surface area contributed by atoms with Crippen LogP contribution in [0, 0.1) is 11.3 Å². The first-order valence-corrected chi connectivity index (χ1v) is 11.7. The van der Waals surface area contributed by atoms with Crippen molar-refractivity contribution >= 4 is 23.4 Å². The zero-order chi connectivity index (χ0) is 25.7. The van der Waals surface area contributed by atoms with Gasteiger partial charge >= 0.3 is 0 Å². The highest BCUT2D eigenvalue weighted by Gasteiger charge is 2.18. The van der Waals surface area contributed by atoms with Gasteiger partial charge < -0.3 is 10.6 Å². The van der Waals surface area contributed by atoms with Crippen molar-refractivity contribution in [3.05, 3.63) is 106 Å². The number of nitrogens with two attached hydrogens (primary N) is 2. The number of thioether (sulfide) groups is 1. The second kappa shape index (κ2) is 10.8. The van der Waals surface area contributed by atoms with Crippen LogP contribution in [-0.2, 0) is 5.75 Å². The number of hydrazine groups is 1. The van der Waals surface area contributed by atoms with Crippen LogP contribution in [0.4, 0.5) is 5.69 Å². The Morgan fingerprint density at radius 3 is 2.50 bits per heavy atom.